The van der Waals surface area contributed by atoms with Crippen molar-refractivity contribution in [3.63, 3.8) is 0 Å². The van der Waals surface area contributed by atoms with Crippen molar-refractivity contribution < 1.29 is 4.79 Å². The van der Waals surface area contributed by atoms with Crippen molar-refractivity contribution in [3.05, 3.63) is 30.1 Å². The molecular weight excluding hydrogens is 350 g/mol. The lowest BCUT2D eigenvalue weighted by atomic mass is 9.74. The Balaban J connectivity index is 0.00000196. The van der Waals surface area contributed by atoms with Gasteiger partial charge in [-0.3, -0.25) is 9.89 Å². The van der Waals surface area contributed by atoms with Gasteiger partial charge >= 0.3 is 0 Å². The van der Waals surface area contributed by atoms with Crippen molar-refractivity contribution in [2.75, 3.05) is 5.32 Å². The van der Waals surface area contributed by atoms with Gasteiger partial charge in [0.25, 0.3) is 0 Å². The third-order valence-corrected chi connectivity index (χ3v) is 5.45. The number of amides is 1. The summed E-state index contributed by atoms with van der Waals surface area (Å²) in [6, 6.07) is 7.68. The number of aromatic nitrogens is 3. The SMILES string of the molecule is CC1(N)CCCCC1C(=O)Nc1ccc(-c2n[nH]c(C3CC3)n2)cc1.Cl. The van der Waals surface area contributed by atoms with Crippen LogP contribution in [0.3, 0.4) is 0 Å². The van der Waals surface area contributed by atoms with Gasteiger partial charge < -0.3 is 11.1 Å². The molecule has 2 aromatic rings. The van der Waals surface area contributed by atoms with Crippen LogP contribution in [0.4, 0.5) is 5.69 Å². The number of nitrogens with two attached hydrogens (primary N) is 1. The average molecular weight is 376 g/mol. The average Bonchev–Trinajstić information content (AvgIpc) is 3.32. The minimum absolute atomic E-state index is 0. The number of aromatic amines is 1. The van der Waals surface area contributed by atoms with E-state index in [4.69, 9.17) is 5.73 Å². The Morgan fingerprint density at radius 3 is 2.62 bits per heavy atom. The number of rotatable bonds is 4. The second kappa shape index (κ2) is 7.37. The van der Waals surface area contributed by atoms with E-state index in [2.05, 4.69) is 20.5 Å². The van der Waals surface area contributed by atoms with Crippen LogP contribution < -0.4 is 11.1 Å². The van der Waals surface area contributed by atoms with Crippen molar-refractivity contribution in [3.8, 4) is 11.4 Å². The molecule has 0 aliphatic heterocycles. The van der Waals surface area contributed by atoms with Crippen molar-refractivity contribution in [2.45, 2.75) is 56.9 Å². The number of H-pyrrole nitrogens is 1. The smallest absolute Gasteiger partial charge is 0.229 e. The summed E-state index contributed by atoms with van der Waals surface area (Å²) in [5.41, 5.74) is 7.64. The highest BCUT2D eigenvalue weighted by Gasteiger charge is 2.37. The fourth-order valence-electron chi connectivity index (χ4n) is 3.66. The number of carbonyl (C=O) groups excluding carboxylic acids is 1. The summed E-state index contributed by atoms with van der Waals surface area (Å²) in [7, 11) is 0. The first kappa shape index (κ1) is 18.9. The number of hydrogen-bond donors (Lipinski definition) is 3. The van der Waals surface area contributed by atoms with E-state index in [1.807, 2.05) is 31.2 Å². The maximum absolute atomic E-state index is 12.6. The van der Waals surface area contributed by atoms with E-state index in [9.17, 15) is 4.79 Å². The molecule has 1 aromatic carbocycles. The summed E-state index contributed by atoms with van der Waals surface area (Å²) >= 11 is 0. The predicted molar refractivity (Wildman–Crippen MR) is 104 cm³/mol. The molecule has 4 rings (SSSR count). The molecule has 0 spiro atoms. The first-order valence-corrected chi connectivity index (χ1v) is 9.15. The van der Waals surface area contributed by atoms with E-state index in [-0.39, 0.29) is 24.2 Å². The van der Waals surface area contributed by atoms with E-state index in [0.29, 0.717) is 11.7 Å². The molecule has 2 aliphatic carbocycles. The predicted octanol–water partition coefficient (Wildman–Crippen LogP) is 3.62. The molecule has 0 radical (unpaired) electrons. The molecule has 1 amide bonds. The van der Waals surface area contributed by atoms with Gasteiger partial charge in [-0.25, -0.2) is 4.98 Å². The van der Waals surface area contributed by atoms with Crippen LogP contribution >= 0.6 is 12.4 Å². The molecule has 1 heterocycles. The van der Waals surface area contributed by atoms with E-state index in [1.165, 1.54) is 12.8 Å². The summed E-state index contributed by atoms with van der Waals surface area (Å²) in [4.78, 5) is 17.2. The summed E-state index contributed by atoms with van der Waals surface area (Å²) in [5.74, 6) is 2.13. The number of halogens is 1. The lowest BCUT2D eigenvalue weighted by Gasteiger charge is -2.37. The molecule has 2 aliphatic rings. The first-order valence-electron chi connectivity index (χ1n) is 9.15. The van der Waals surface area contributed by atoms with Gasteiger partial charge in [0.15, 0.2) is 5.82 Å². The number of anilines is 1. The molecule has 0 saturated heterocycles. The Morgan fingerprint density at radius 1 is 1.23 bits per heavy atom. The maximum Gasteiger partial charge on any atom is 0.229 e. The molecule has 4 N–H and O–H groups in total. The third-order valence-electron chi connectivity index (χ3n) is 5.45. The van der Waals surface area contributed by atoms with Gasteiger partial charge in [0, 0.05) is 22.7 Å². The minimum Gasteiger partial charge on any atom is -0.326 e. The van der Waals surface area contributed by atoms with Gasteiger partial charge in [0.05, 0.1) is 5.92 Å². The second-order valence-corrected chi connectivity index (χ2v) is 7.69. The number of carbonyl (C=O) groups is 1. The van der Waals surface area contributed by atoms with E-state index < -0.39 is 5.54 Å². The van der Waals surface area contributed by atoms with E-state index >= 15 is 0 Å². The highest BCUT2D eigenvalue weighted by Crippen LogP contribution is 2.38. The quantitative estimate of drug-likeness (QED) is 0.760. The zero-order valence-corrected chi connectivity index (χ0v) is 15.8. The fraction of sp³-hybridized carbons (Fsp3) is 0.526. The van der Waals surface area contributed by atoms with Crippen LogP contribution in [0.5, 0.6) is 0 Å². The summed E-state index contributed by atoms with van der Waals surface area (Å²) in [5, 5.41) is 10.3. The summed E-state index contributed by atoms with van der Waals surface area (Å²) in [6.07, 6.45) is 6.32. The third kappa shape index (κ3) is 3.91. The molecule has 1 aromatic heterocycles. The van der Waals surface area contributed by atoms with Crippen LogP contribution in [0.2, 0.25) is 0 Å². The van der Waals surface area contributed by atoms with Crippen LogP contribution in [0.25, 0.3) is 11.4 Å². The molecule has 2 atom stereocenters. The molecule has 2 unspecified atom stereocenters. The highest BCUT2D eigenvalue weighted by atomic mass is 35.5. The largest absolute Gasteiger partial charge is 0.326 e. The van der Waals surface area contributed by atoms with Gasteiger partial charge in [-0.15, -0.1) is 12.4 Å². The molecule has 2 fully saturated rings. The molecule has 6 nitrogen and oxygen atoms in total. The molecule has 2 saturated carbocycles. The Bertz CT molecular complexity index is 766. The van der Waals surface area contributed by atoms with E-state index in [1.54, 1.807) is 0 Å². The summed E-state index contributed by atoms with van der Waals surface area (Å²) in [6.45, 7) is 1.99. The monoisotopic (exact) mass is 375 g/mol. The lowest BCUT2D eigenvalue weighted by molar-refractivity contribution is -0.122. The zero-order chi connectivity index (χ0) is 17.4. The Kier molecular flexibility index (Phi) is 5.34. The maximum atomic E-state index is 12.6. The van der Waals surface area contributed by atoms with Crippen LogP contribution in [0, 0.1) is 5.92 Å². The standard InChI is InChI=1S/C19H25N5O.ClH/c1-19(20)11-3-2-4-15(19)18(25)21-14-9-7-13(8-10-14)17-22-16(23-24-17)12-5-6-12;/h7-10,12,15H,2-6,11,20H2,1H3,(H,21,25)(H,22,23,24);1H. The van der Waals surface area contributed by atoms with Gasteiger partial charge in [0.1, 0.15) is 5.82 Å². The minimum atomic E-state index is -0.416. The molecule has 7 heteroatoms. The summed E-state index contributed by atoms with van der Waals surface area (Å²) < 4.78 is 0. The van der Waals surface area contributed by atoms with Crippen LogP contribution in [-0.4, -0.2) is 26.6 Å². The first-order chi connectivity index (χ1) is 12.0. The Labute approximate surface area is 159 Å². The number of nitrogens with zero attached hydrogens (tertiary/aromatic N) is 2. The topological polar surface area (TPSA) is 96.7 Å². The van der Waals surface area contributed by atoms with Crippen LogP contribution in [0.15, 0.2) is 24.3 Å². The Hall–Kier alpha value is -1.92. The van der Waals surface area contributed by atoms with Crippen LogP contribution in [-0.2, 0) is 4.79 Å². The Morgan fingerprint density at radius 2 is 1.96 bits per heavy atom. The molecule has 26 heavy (non-hydrogen) atoms. The van der Waals surface area contributed by atoms with E-state index in [0.717, 1.165) is 42.8 Å². The van der Waals surface area contributed by atoms with Gasteiger partial charge in [-0.05, 0) is 56.9 Å². The van der Waals surface area contributed by atoms with Crippen molar-refractivity contribution in [1.82, 2.24) is 15.2 Å². The fourth-order valence-corrected chi connectivity index (χ4v) is 3.66. The molecule has 0 bridgehead atoms. The molecular formula is C19H26ClN5O. The van der Waals surface area contributed by atoms with Crippen molar-refractivity contribution in [2.24, 2.45) is 11.7 Å². The lowest BCUT2D eigenvalue weighted by Crippen LogP contribution is -2.51. The highest BCUT2D eigenvalue weighted by molar-refractivity contribution is 5.93. The normalized spacial score (nSPS) is 25.4. The van der Waals surface area contributed by atoms with Gasteiger partial charge in [-0.1, -0.05) is 12.8 Å². The second-order valence-electron chi connectivity index (χ2n) is 7.69. The zero-order valence-electron chi connectivity index (χ0n) is 15.0. The van der Waals surface area contributed by atoms with Gasteiger partial charge in [-0.2, -0.15) is 5.10 Å². The van der Waals surface area contributed by atoms with Crippen molar-refractivity contribution in [1.29, 1.82) is 0 Å². The number of nitrogens with one attached hydrogen (secondary N) is 2. The van der Waals surface area contributed by atoms with Crippen molar-refractivity contribution >= 4 is 24.0 Å². The number of benzene rings is 1. The number of hydrogen-bond acceptors (Lipinski definition) is 4. The van der Waals surface area contributed by atoms with Crippen LogP contribution in [0.1, 0.15) is 57.2 Å². The van der Waals surface area contributed by atoms with Gasteiger partial charge in [0.2, 0.25) is 5.91 Å². The molecule has 140 valence electrons.